The number of fused-ring (bicyclic) bond motifs is 1. The lowest BCUT2D eigenvalue weighted by Crippen LogP contribution is -2.37. The third kappa shape index (κ3) is 1.54. The van der Waals surface area contributed by atoms with E-state index in [9.17, 15) is 4.79 Å². The molecule has 0 bridgehead atoms. The van der Waals surface area contributed by atoms with Crippen molar-refractivity contribution in [3.63, 3.8) is 0 Å². The Morgan fingerprint density at radius 1 is 1.43 bits per heavy atom. The zero-order valence-corrected chi connectivity index (χ0v) is 9.29. The van der Waals surface area contributed by atoms with E-state index in [4.69, 9.17) is 0 Å². The van der Waals surface area contributed by atoms with Gasteiger partial charge in [-0.1, -0.05) is 20.8 Å². The number of carbonyl (C=O) groups is 1. The average Bonchev–Trinajstić information content (AvgIpc) is 2.64. The monoisotopic (exact) mass is 196 g/mol. The van der Waals surface area contributed by atoms with Crippen LogP contribution >= 0.6 is 0 Å². The fourth-order valence-electron chi connectivity index (χ4n) is 2.61. The lowest BCUT2D eigenvalue weighted by atomic mass is 10.2. The van der Waals surface area contributed by atoms with Crippen LogP contribution < -0.4 is 5.32 Å². The number of rotatable bonds is 3. The molecule has 0 aromatic heterocycles. The highest BCUT2D eigenvalue weighted by atomic mass is 16.2. The number of hydrogen-bond donors (Lipinski definition) is 1. The first kappa shape index (κ1) is 9.97. The zero-order valence-electron chi connectivity index (χ0n) is 9.29. The summed E-state index contributed by atoms with van der Waals surface area (Å²) < 4.78 is 0. The summed E-state index contributed by atoms with van der Waals surface area (Å²) >= 11 is 0. The number of nitrogens with one attached hydrogen (secondary N) is 1. The maximum Gasteiger partial charge on any atom is 0.225 e. The van der Waals surface area contributed by atoms with Gasteiger partial charge in [-0.05, 0) is 18.4 Å². The lowest BCUT2D eigenvalue weighted by molar-refractivity contribution is -0.133. The SMILES string of the molecule is CCNC1C2CN(C(=O)C(C)C)CC21. The van der Waals surface area contributed by atoms with E-state index >= 15 is 0 Å². The Bertz CT molecular complexity index is 227. The number of nitrogens with zero attached hydrogens (tertiary/aromatic N) is 1. The van der Waals surface area contributed by atoms with E-state index in [1.165, 1.54) is 0 Å². The lowest BCUT2D eigenvalue weighted by Gasteiger charge is -2.21. The summed E-state index contributed by atoms with van der Waals surface area (Å²) in [5.74, 6) is 1.98. The summed E-state index contributed by atoms with van der Waals surface area (Å²) in [5.41, 5.74) is 0. The fraction of sp³-hybridized carbons (Fsp3) is 0.909. The topological polar surface area (TPSA) is 32.3 Å². The van der Waals surface area contributed by atoms with Crippen LogP contribution in [0.4, 0.5) is 0 Å². The third-order valence-electron chi connectivity index (χ3n) is 3.44. The molecule has 0 radical (unpaired) electrons. The second kappa shape index (κ2) is 3.54. The van der Waals surface area contributed by atoms with Crippen molar-refractivity contribution in [2.75, 3.05) is 19.6 Å². The third-order valence-corrected chi connectivity index (χ3v) is 3.44. The predicted molar refractivity (Wildman–Crippen MR) is 55.9 cm³/mol. The number of amides is 1. The Morgan fingerprint density at radius 2 is 2.00 bits per heavy atom. The molecule has 2 atom stereocenters. The molecule has 1 N–H and O–H groups in total. The first-order valence-electron chi connectivity index (χ1n) is 5.67. The van der Waals surface area contributed by atoms with Crippen molar-refractivity contribution in [1.29, 1.82) is 0 Å². The number of carbonyl (C=O) groups excluding carboxylic acids is 1. The van der Waals surface area contributed by atoms with Gasteiger partial charge in [0.1, 0.15) is 0 Å². The largest absolute Gasteiger partial charge is 0.342 e. The molecule has 0 aromatic rings. The van der Waals surface area contributed by atoms with Crippen molar-refractivity contribution < 1.29 is 4.79 Å². The van der Waals surface area contributed by atoms with Crippen LogP contribution in [0.1, 0.15) is 20.8 Å². The van der Waals surface area contributed by atoms with Gasteiger partial charge in [0.25, 0.3) is 0 Å². The summed E-state index contributed by atoms with van der Waals surface area (Å²) in [7, 11) is 0. The van der Waals surface area contributed by atoms with Gasteiger partial charge in [-0.2, -0.15) is 0 Å². The van der Waals surface area contributed by atoms with Crippen LogP contribution in [0.15, 0.2) is 0 Å². The summed E-state index contributed by atoms with van der Waals surface area (Å²) in [6.07, 6.45) is 0. The molecule has 1 heterocycles. The molecule has 0 spiro atoms. The summed E-state index contributed by atoms with van der Waals surface area (Å²) in [6, 6.07) is 0.705. The highest BCUT2D eigenvalue weighted by molar-refractivity contribution is 5.78. The molecule has 0 aromatic carbocycles. The summed E-state index contributed by atoms with van der Waals surface area (Å²) in [5, 5.41) is 3.47. The van der Waals surface area contributed by atoms with Crippen molar-refractivity contribution >= 4 is 5.91 Å². The van der Waals surface area contributed by atoms with Crippen molar-refractivity contribution in [2.45, 2.75) is 26.8 Å². The van der Waals surface area contributed by atoms with E-state index in [0.717, 1.165) is 31.5 Å². The van der Waals surface area contributed by atoms with E-state index in [1.807, 2.05) is 18.7 Å². The Kier molecular flexibility index (Phi) is 2.52. The number of likely N-dealkylation sites (tertiary alicyclic amines) is 1. The first-order chi connectivity index (χ1) is 6.65. The molecule has 80 valence electrons. The van der Waals surface area contributed by atoms with Gasteiger partial charge >= 0.3 is 0 Å². The highest BCUT2D eigenvalue weighted by Crippen LogP contribution is 2.45. The van der Waals surface area contributed by atoms with E-state index in [-0.39, 0.29) is 5.92 Å². The molecule has 1 aliphatic heterocycles. The molecule has 1 saturated heterocycles. The van der Waals surface area contributed by atoms with Gasteiger partial charge < -0.3 is 10.2 Å². The Morgan fingerprint density at radius 3 is 2.43 bits per heavy atom. The molecule has 2 rings (SSSR count). The van der Waals surface area contributed by atoms with E-state index in [0.29, 0.717) is 11.9 Å². The quantitative estimate of drug-likeness (QED) is 0.721. The van der Waals surface area contributed by atoms with E-state index < -0.39 is 0 Å². The Labute approximate surface area is 85.8 Å². The molecule has 3 heteroatoms. The molecule has 1 saturated carbocycles. The van der Waals surface area contributed by atoms with Crippen LogP contribution in [0.3, 0.4) is 0 Å². The first-order valence-corrected chi connectivity index (χ1v) is 5.67. The van der Waals surface area contributed by atoms with Crippen molar-refractivity contribution in [3.05, 3.63) is 0 Å². The molecule has 2 unspecified atom stereocenters. The second-order valence-corrected chi connectivity index (χ2v) is 4.81. The van der Waals surface area contributed by atoms with Gasteiger partial charge in [0, 0.05) is 25.0 Å². The van der Waals surface area contributed by atoms with Gasteiger partial charge in [-0.15, -0.1) is 0 Å². The van der Waals surface area contributed by atoms with Crippen LogP contribution in [0, 0.1) is 17.8 Å². The molecular formula is C11H20N2O. The number of piperidine rings is 1. The Balaban J connectivity index is 1.81. The van der Waals surface area contributed by atoms with Crippen LogP contribution in [0.25, 0.3) is 0 Å². The highest BCUT2D eigenvalue weighted by Gasteiger charge is 2.56. The fourth-order valence-corrected chi connectivity index (χ4v) is 2.61. The van der Waals surface area contributed by atoms with Crippen molar-refractivity contribution in [1.82, 2.24) is 10.2 Å². The smallest absolute Gasteiger partial charge is 0.225 e. The van der Waals surface area contributed by atoms with Crippen LogP contribution in [-0.2, 0) is 4.79 Å². The minimum absolute atomic E-state index is 0.157. The summed E-state index contributed by atoms with van der Waals surface area (Å²) in [6.45, 7) is 9.13. The standard InChI is InChI=1S/C11H20N2O/c1-4-12-10-8-5-13(6-9(8)10)11(14)7(2)3/h7-10,12H,4-6H2,1-3H3. The molecule has 2 fully saturated rings. The van der Waals surface area contributed by atoms with Crippen molar-refractivity contribution in [3.8, 4) is 0 Å². The Hall–Kier alpha value is -0.570. The molecular weight excluding hydrogens is 176 g/mol. The van der Waals surface area contributed by atoms with E-state index in [2.05, 4.69) is 12.2 Å². The molecule has 3 nitrogen and oxygen atoms in total. The van der Waals surface area contributed by atoms with Crippen LogP contribution in [0.5, 0.6) is 0 Å². The van der Waals surface area contributed by atoms with E-state index in [1.54, 1.807) is 0 Å². The van der Waals surface area contributed by atoms with Crippen LogP contribution in [0.2, 0.25) is 0 Å². The molecule has 1 aliphatic carbocycles. The van der Waals surface area contributed by atoms with Crippen molar-refractivity contribution in [2.24, 2.45) is 17.8 Å². The van der Waals surface area contributed by atoms with Crippen LogP contribution in [-0.4, -0.2) is 36.5 Å². The molecule has 2 aliphatic rings. The number of hydrogen-bond acceptors (Lipinski definition) is 2. The van der Waals surface area contributed by atoms with Gasteiger partial charge in [-0.3, -0.25) is 4.79 Å². The predicted octanol–water partition coefficient (Wildman–Crippen LogP) is 0.709. The van der Waals surface area contributed by atoms with Gasteiger partial charge in [0.2, 0.25) is 5.91 Å². The van der Waals surface area contributed by atoms with Gasteiger partial charge in [-0.25, -0.2) is 0 Å². The molecule has 1 amide bonds. The minimum Gasteiger partial charge on any atom is -0.342 e. The van der Waals surface area contributed by atoms with Gasteiger partial charge in [0.15, 0.2) is 0 Å². The maximum atomic E-state index is 11.7. The molecule has 14 heavy (non-hydrogen) atoms. The zero-order chi connectivity index (χ0) is 10.3. The second-order valence-electron chi connectivity index (χ2n) is 4.81. The summed E-state index contributed by atoms with van der Waals surface area (Å²) in [4.78, 5) is 13.7. The minimum atomic E-state index is 0.157. The maximum absolute atomic E-state index is 11.7. The average molecular weight is 196 g/mol. The van der Waals surface area contributed by atoms with Gasteiger partial charge in [0.05, 0.1) is 0 Å². The normalized spacial score (nSPS) is 34.9.